The molecule has 1 atom stereocenters. The van der Waals surface area contributed by atoms with Crippen LogP contribution in [-0.2, 0) is 4.79 Å². The van der Waals surface area contributed by atoms with Crippen LogP contribution in [0.4, 0.5) is 0 Å². The van der Waals surface area contributed by atoms with Gasteiger partial charge in [0.05, 0.1) is 20.3 Å². The summed E-state index contributed by atoms with van der Waals surface area (Å²) in [6, 6.07) is 22.8. The number of methoxy groups -OCH3 is 2. The highest BCUT2D eigenvalue weighted by Gasteiger charge is 2.18. The average molecular weight is 391 g/mol. The Hall–Kier alpha value is -3.47. The smallest absolute Gasteiger partial charge is 0.258 e. The Balaban J connectivity index is 1.74. The lowest BCUT2D eigenvalue weighted by molar-refractivity contribution is -0.123. The van der Waals surface area contributed by atoms with Gasteiger partial charge < -0.3 is 19.5 Å². The summed E-state index contributed by atoms with van der Waals surface area (Å²) in [5, 5.41) is 3.06. The second-order valence-electron chi connectivity index (χ2n) is 6.63. The quantitative estimate of drug-likeness (QED) is 0.622. The van der Waals surface area contributed by atoms with E-state index < -0.39 is 0 Å². The van der Waals surface area contributed by atoms with Gasteiger partial charge in [0.15, 0.2) is 18.1 Å². The summed E-state index contributed by atoms with van der Waals surface area (Å²) < 4.78 is 16.3. The zero-order valence-electron chi connectivity index (χ0n) is 16.8. The molecule has 0 radical (unpaired) electrons. The van der Waals surface area contributed by atoms with Crippen LogP contribution in [0.5, 0.6) is 17.2 Å². The van der Waals surface area contributed by atoms with E-state index in [-0.39, 0.29) is 18.6 Å². The molecule has 0 bridgehead atoms. The molecule has 3 aromatic carbocycles. The number of nitrogens with one attached hydrogen (secondary N) is 1. The molecule has 0 fully saturated rings. The number of aryl methyl sites for hydroxylation is 1. The predicted molar refractivity (Wildman–Crippen MR) is 113 cm³/mol. The Kier molecular flexibility index (Phi) is 6.74. The molecule has 1 unspecified atom stereocenters. The van der Waals surface area contributed by atoms with Crippen LogP contribution in [-0.4, -0.2) is 26.7 Å². The zero-order chi connectivity index (χ0) is 20.6. The van der Waals surface area contributed by atoms with Crippen molar-refractivity contribution in [3.63, 3.8) is 0 Å². The second-order valence-corrected chi connectivity index (χ2v) is 6.63. The summed E-state index contributed by atoms with van der Waals surface area (Å²) in [5.74, 6) is 1.68. The lowest BCUT2D eigenvalue weighted by Gasteiger charge is -2.20. The number of rotatable bonds is 8. The lowest BCUT2D eigenvalue weighted by Crippen LogP contribution is -2.33. The van der Waals surface area contributed by atoms with Gasteiger partial charge in [0.2, 0.25) is 0 Å². The molecule has 0 heterocycles. The van der Waals surface area contributed by atoms with Crippen LogP contribution >= 0.6 is 0 Å². The van der Waals surface area contributed by atoms with E-state index in [1.54, 1.807) is 20.3 Å². The molecule has 0 spiro atoms. The van der Waals surface area contributed by atoms with Crippen molar-refractivity contribution in [2.45, 2.75) is 13.0 Å². The Morgan fingerprint density at radius 1 is 0.862 bits per heavy atom. The molecule has 0 aromatic heterocycles. The van der Waals surface area contributed by atoms with E-state index in [0.717, 1.165) is 22.4 Å². The third kappa shape index (κ3) is 5.29. The number of hydrogen-bond acceptors (Lipinski definition) is 4. The summed E-state index contributed by atoms with van der Waals surface area (Å²) in [7, 11) is 3.21. The van der Waals surface area contributed by atoms with Crippen LogP contribution in [0, 0.1) is 6.92 Å². The topological polar surface area (TPSA) is 56.8 Å². The van der Waals surface area contributed by atoms with Gasteiger partial charge in [-0.25, -0.2) is 0 Å². The first-order valence-electron chi connectivity index (χ1n) is 9.36. The highest BCUT2D eigenvalue weighted by molar-refractivity contribution is 5.78. The molecule has 1 amide bonds. The minimum Gasteiger partial charge on any atom is -0.497 e. The molecule has 5 nitrogen and oxygen atoms in total. The monoisotopic (exact) mass is 391 g/mol. The Bertz CT molecular complexity index is 939. The lowest BCUT2D eigenvalue weighted by atomic mass is 9.98. The van der Waals surface area contributed by atoms with Crippen molar-refractivity contribution in [3.05, 3.63) is 89.5 Å². The normalized spacial score (nSPS) is 11.4. The van der Waals surface area contributed by atoms with Crippen LogP contribution in [0.1, 0.15) is 22.7 Å². The Labute approximate surface area is 171 Å². The molecule has 0 aliphatic carbocycles. The number of ether oxygens (including phenoxy) is 3. The maximum Gasteiger partial charge on any atom is 0.258 e. The zero-order valence-corrected chi connectivity index (χ0v) is 16.8. The van der Waals surface area contributed by atoms with Gasteiger partial charge in [-0.15, -0.1) is 0 Å². The van der Waals surface area contributed by atoms with E-state index in [1.165, 1.54) is 0 Å². The fraction of sp³-hybridized carbons (Fsp3) is 0.208. The molecular formula is C24H25NO4. The van der Waals surface area contributed by atoms with Gasteiger partial charge in [-0.2, -0.15) is 0 Å². The third-order valence-electron chi connectivity index (χ3n) is 4.57. The van der Waals surface area contributed by atoms with Crippen LogP contribution in [0.15, 0.2) is 72.8 Å². The van der Waals surface area contributed by atoms with Crippen molar-refractivity contribution in [2.24, 2.45) is 0 Å². The molecule has 0 saturated heterocycles. The van der Waals surface area contributed by atoms with E-state index in [9.17, 15) is 4.79 Å². The summed E-state index contributed by atoms with van der Waals surface area (Å²) in [6.45, 7) is 1.86. The molecule has 0 saturated carbocycles. The number of amides is 1. The maximum atomic E-state index is 12.7. The Morgan fingerprint density at radius 3 is 2.21 bits per heavy atom. The summed E-state index contributed by atoms with van der Waals surface area (Å²) >= 11 is 0. The number of carbonyl (C=O) groups excluding carboxylic acids is 1. The SMILES string of the molecule is COc1ccc(C(NC(=O)COc2ccc(C)cc2OC)c2ccccc2)cc1. The highest BCUT2D eigenvalue weighted by atomic mass is 16.5. The molecule has 150 valence electrons. The number of carbonyl (C=O) groups is 1. The van der Waals surface area contributed by atoms with Gasteiger partial charge in [0.1, 0.15) is 5.75 Å². The van der Waals surface area contributed by atoms with Gasteiger partial charge in [-0.3, -0.25) is 4.79 Å². The van der Waals surface area contributed by atoms with Crippen LogP contribution in [0.2, 0.25) is 0 Å². The van der Waals surface area contributed by atoms with Gasteiger partial charge in [0, 0.05) is 0 Å². The molecule has 29 heavy (non-hydrogen) atoms. The number of hydrogen-bond donors (Lipinski definition) is 1. The van der Waals surface area contributed by atoms with Crippen molar-refractivity contribution >= 4 is 5.91 Å². The molecule has 1 N–H and O–H groups in total. The molecule has 0 aliphatic heterocycles. The first kappa shape index (κ1) is 20.3. The standard InChI is InChI=1S/C24H25NO4/c1-17-9-14-21(22(15-17)28-3)29-16-23(26)25-24(18-7-5-4-6-8-18)19-10-12-20(27-2)13-11-19/h4-15,24H,16H2,1-3H3,(H,25,26). The summed E-state index contributed by atoms with van der Waals surface area (Å²) in [4.78, 5) is 12.7. The summed E-state index contributed by atoms with van der Waals surface area (Å²) in [5.41, 5.74) is 3.00. The second kappa shape index (κ2) is 9.64. The van der Waals surface area contributed by atoms with E-state index in [4.69, 9.17) is 14.2 Å². The van der Waals surface area contributed by atoms with Gasteiger partial charge in [-0.05, 0) is 47.9 Å². The van der Waals surface area contributed by atoms with Gasteiger partial charge >= 0.3 is 0 Å². The van der Waals surface area contributed by atoms with E-state index in [0.29, 0.717) is 11.5 Å². The maximum absolute atomic E-state index is 12.7. The molecule has 3 aromatic rings. The van der Waals surface area contributed by atoms with Crippen molar-refractivity contribution in [3.8, 4) is 17.2 Å². The first-order valence-corrected chi connectivity index (χ1v) is 9.36. The third-order valence-corrected chi connectivity index (χ3v) is 4.57. The Morgan fingerprint density at radius 2 is 1.55 bits per heavy atom. The molecular weight excluding hydrogens is 366 g/mol. The van der Waals surface area contributed by atoms with E-state index in [1.807, 2.05) is 73.7 Å². The van der Waals surface area contributed by atoms with E-state index >= 15 is 0 Å². The van der Waals surface area contributed by atoms with Crippen molar-refractivity contribution in [1.82, 2.24) is 5.32 Å². The largest absolute Gasteiger partial charge is 0.497 e. The summed E-state index contributed by atoms with van der Waals surface area (Å²) in [6.07, 6.45) is 0. The first-order chi connectivity index (χ1) is 14.1. The predicted octanol–water partition coefficient (Wildman–Crippen LogP) is 4.30. The van der Waals surface area contributed by atoms with Crippen LogP contribution < -0.4 is 19.5 Å². The van der Waals surface area contributed by atoms with Gasteiger partial charge in [0.25, 0.3) is 5.91 Å². The van der Waals surface area contributed by atoms with Crippen molar-refractivity contribution in [2.75, 3.05) is 20.8 Å². The fourth-order valence-corrected chi connectivity index (χ4v) is 3.04. The molecule has 0 aliphatic rings. The molecule has 5 heteroatoms. The van der Waals surface area contributed by atoms with Crippen molar-refractivity contribution in [1.29, 1.82) is 0 Å². The van der Waals surface area contributed by atoms with Crippen molar-refractivity contribution < 1.29 is 19.0 Å². The van der Waals surface area contributed by atoms with E-state index in [2.05, 4.69) is 5.32 Å². The average Bonchev–Trinajstić information content (AvgIpc) is 2.77. The fourth-order valence-electron chi connectivity index (χ4n) is 3.04. The van der Waals surface area contributed by atoms with Crippen LogP contribution in [0.3, 0.4) is 0 Å². The minimum absolute atomic E-state index is 0.112. The highest BCUT2D eigenvalue weighted by Crippen LogP contribution is 2.28. The van der Waals surface area contributed by atoms with Crippen LogP contribution in [0.25, 0.3) is 0 Å². The number of benzene rings is 3. The van der Waals surface area contributed by atoms with Gasteiger partial charge in [-0.1, -0.05) is 48.5 Å². The molecule has 3 rings (SSSR count). The minimum atomic E-state index is -0.293.